The zero-order valence-electron chi connectivity index (χ0n) is 19.6. The van der Waals surface area contributed by atoms with Crippen LogP contribution in [0.3, 0.4) is 0 Å². The number of hydrogen-bond acceptors (Lipinski definition) is 6. The van der Waals surface area contributed by atoms with Gasteiger partial charge in [-0.3, -0.25) is 19.5 Å². The van der Waals surface area contributed by atoms with Crippen LogP contribution in [0.2, 0.25) is 0 Å². The molecule has 0 radical (unpaired) electrons. The first kappa shape index (κ1) is 22.0. The monoisotopic (exact) mass is 482 g/mol. The zero-order valence-corrected chi connectivity index (χ0v) is 19.6. The second kappa shape index (κ2) is 9.65. The van der Waals surface area contributed by atoms with Gasteiger partial charge in [0.15, 0.2) is 5.65 Å². The maximum Gasteiger partial charge on any atom is 0.249 e. The molecule has 1 unspecified atom stereocenters. The number of fused-ring (bicyclic) bond motifs is 1. The third-order valence-corrected chi connectivity index (χ3v) is 6.18. The number of hydrogen-bond donors (Lipinski definition) is 1. The molecule has 0 bridgehead atoms. The van der Waals surface area contributed by atoms with Crippen molar-refractivity contribution >= 4 is 17.5 Å². The molecule has 6 rings (SSSR count). The molecule has 0 saturated heterocycles. The summed E-state index contributed by atoms with van der Waals surface area (Å²) >= 11 is 0. The Morgan fingerprint density at radius 2 is 1.78 bits per heavy atom. The second-order valence-electron chi connectivity index (χ2n) is 8.93. The van der Waals surface area contributed by atoms with E-state index in [1.54, 1.807) is 16.9 Å². The number of ether oxygens (including phenoxy) is 1. The van der Waals surface area contributed by atoms with Gasteiger partial charge in [-0.25, -0.2) is 4.52 Å². The summed E-state index contributed by atoms with van der Waals surface area (Å²) in [5.41, 5.74) is 2.53. The maximum atomic E-state index is 12.1. The standard InChI is InChI=1S/C26H26N8O2/c35-25(20-6-7-20)30-26-29-24-5-1-4-23(34(24)31-26)19-8-10-21(11-9-19)36-22(18-33-16-3-14-28-33)12-17-32-15-2-13-27-32/h1-5,8-11,13-16,20,22H,6-7,12,17-18H2,(H,30,31,35). The van der Waals surface area contributed by atoms with E-state index in [0.29, 0.717) is 18.1 Å². The van der Waals surface area contributed by atoms with Crippen LogP contribution in [0, 0.1) is 5.92 Å². The molecule has 1 fully saturated rings. The molecule has 0 aliphatic heterocycles. The Kier molecular flexibility index (Phi) is 5.90. The van der Waals surface area contributed by atoms with Gasteiger partial charge in [0.25, 0.3) is 0 Å². The highest BCUT2D eigenvalue weighted by Gasteiger charge is 2.30. The van der Waals surface area contributed by atoms with Crippen molar-refractivity contribution in [3.8, 4) is 17.0 Å². The molecular weight excluding hydrogens is 456 g/mol. The number of benzene rings is 1. The SMILES string of the molecule is O=C(Nc1nc2cccc(-c3ccc(OC(CCn4cccn4)Cn4cccn4)cc3)n2n1)C1CC1. The van der Waals surface area contributed by atoms with Crippen molar-refractivity contribution in [3.63, 3.8) is 0 Å². The van der Waals surface area contributed by atoms with Gasteiger partial charge in [-0.2, -0.15) is 15.2 Å². The fourth-order valence-electron chi connectivity index (χ4n) is 4.14. The molecule has 182 valence electrons. The summed E-state index contributed by atoms with van der Waals surface area (Å²) in [6.07, 6.45) is 10.0. The first-order valence-corrected chi connectivity index (χ1v) is 12.1. The van der Waals surface area contributed by atoms with Gasteiger partial charge in [0.05, 0.1) is 12.2 Å². The number of rotatable bonds is 10. The summed E-state index contributed by atoms with van der Waals surface area (Å²) < 4.78 is 11.9. The predicted molar refractivity (Wildman–Crippen MR) is 133 cm³/mol. The second-order valence-corrected chi connectivity index (χ2v) is 8.93. The number of amides is 1. The van der Waals surface area contributed by atoms with E-state index in [9.17, 15) is 4.79 Å². The molecule has 10 nitrogen and oxygen atoms in total. The van der Waals surface area contributed by atoms with E-state index in [0.717, 1.165) is 42.8 Å². The van der Waals surface area contributed by atoms with E-state index in [4.69, 9.17) is 4.74 Å². The molecule has 1 N–H and O–H groups in total. The summed E-state index contributed by atoms with van der Waals surface area (Å²) in [5.74, 6) is 1.20. The van der Waals surface area contributed by atoms with Crippen molar-refractivity contribution in [1.29, 1.82) is 0 Å². The summed E-state index contributed by atoms with van der Waals surface area (Å²) in [7, 11) is 0. The van der Waals surface area contributed by atoms with Crippen LogP contribution in [-0.2, 0) is 17.9 Å². The largest absolute Gasteiger partial charge is 0.488 e. The Bertz CT molecular complexity index is 1440. The normalized spacial score (nSPS) is 14.1. The van der Waals surface area contributed by atoms with Crippen molar-refractivity contribution in [1.82, 2.24) is 34.2 Å². The Hall–Kier alpha value is -4.47. The lowest BCUT2D eigenvalue weighted by Gasteiger charge is -2.19. The van der Waals surface area contributed by atoms with Crippen molar-refractivity contribution in [2.24, 2.45) is 5.92 Å². The van der Waals surface area contributed by atoms with Gasteiger partial charge in [0.1, 0.15) is 11.9 Å². The molecule has 10 heteroatoms. The van der Waals surface area contributed by atoms with Crippen LogP contribution in [0.15, 0.2) is 79.4 Å². The Labute approximate surface area is 207 Å². The number of aryl methyl sites for hydroxylation is 1. The minimum absolute atomic E-state index is 0.00817. The van der Waals surface area contributed by atoms with Crippen LogP contribution < -0.4 is 10.1 Å². The smallest absolute Gasteiger partial charge is 0.249 e. The molecule has 1 atom stereocenters. The molecule has 1 aliphatic rings. The van der Waals surface area contributed by atoms with Crippen molar-refractivity contribution < 1.29 is 9.53 Å². The van der Waals surface area contributed by atoms with E-state index in [2.05, 4.69) is 25.6 Å². The minimum atomic E-state index is -0.0728. The molecular formula is C26H26N8O2. The highest BCUT2D eigenvalue weighted by Crippen LogP contribution is 2.30. The van der Waals surface area contributed by atoms with Crippen LogP contribution in [0.4, 0.5) is 5.95 Å². The summed E-state index contributed by atoms with van der Waals surface area (Å²) in [6, 6.07) is 17.6. The van der Waals surface area contributed by atoms with Crippen LogP contribution in [-0.4, -0.2) is 46.2 Å². The lowest BCUT2D eigenvalue weighted by Crippen LogP contribution is -2.25. The van der Waals surface area contributed by atoms with Crippen LogP contribution in [0.1, 0.15) is 19.3 Å². The highest BCUT2D eigenvalue weighted by atomic mass is 16.5. The molecule has 0 spiro atoms. The van der Waals surface area contributed by atoms with E-state index in [1.165, 1.54) is 0 Å². The average molecular weight is 483 g/mol. The Balaban J connectivity index is 1.18. The van der Waals surface area contributed by atoms with Crippen molar-refractivity contribution in [3.05, 3.63) is 79.4 Å². The first-order valence-electron chi connectivity index (χ1n) is 12.1. The molecule has 4 aromatic heterocycles. The fraction of sp³-hybridized carbons (Fsp3) is 0.269. The van der Waals surface area contributed by atoms with Crippen molar-refractivity contribution in [2.45, 2.75) is 38.5 Å². The maximum absolute atomic E-state index is 12.1. The van der Waals surface area contributed by atoms with E-state index < -0.39 is 0 Å². The molecule has 36 heavy (non-hydrogen) atoms. The number of nitrogens with zero attached hydrogens (tertiary/aromatic N) is 7. The lowest BCUT2D eigenvalue weighted by molar-refractivity contribution is -0.117. The lowest BCUT2D eigenvalue weighted by atomic mass is 10.1. The summed E-state index contributed by atoms with van der Waals surface area (Å²) in [6.45, 7) is 1.40. The average Bonchev–Trinajstić information content (AvgIpc) is 3.24. The number of aromatic nitrogens is 7. The number of anilines is 1. The predicted octanol–water partition coefficient (Wildman–Crippen LogP) is 3.68. The van der Waals surface area contributed by atoms with Crippen LogP contribution >= 0.6 is 0 Å². The quantitative estimate of drug-likeness (QED) is 0.326. The van der Waals surface area contributed by atoms with E-state index in [1.807, 2.05) is 76.4 Å². The van der Waals surface area contributed by atoms with Gasteiger partial charge in [-0.1, -0.05) is 6.07 Å². The van der Waals surface area contributed by atoms with E-state index in [-0.39, 0.29) is 17.9 Å². The summed E-state index contributed by atoms with van der Waals surface area (Å²) in [5, 5.41) is 16.0. The Morgan fingerprint density at radius 1 is 1.00 bits per heavy atom. The number of carbonyl (C=O) groups is 1. The highest BCUT2D eigenvalue weighted by molar-refractivity contribution is 5.92. The topological polar surface area (TPSA) is 104 Å². The van der Waals surface area contributed by atoms with Gasteiger partial charge in [-0.05, 0) is 61.4 Å². The van der Waals surface area contributed by atoms with E-state index >= 15 is 0 Å². The van der Waals surface area contributed by atoms with Gasteiger partial charge >= 0.3 is 0 Å². The summed E-state index contributed by atoms with van der Waals surface area (Å²) in [4.78, 5) is 16.6. The van der Waals surface area contributed by atoms with Crippen LogP contribution in [0.25, 0.3) is 16.9 Å². The van der Waals surface area contributed by atoms with Gasteiger partial charge < -0.3 is 4.74 Å². The molecule has 1 amide bonds. The third-order valence-electron chi connectivity index (χ3n) is 6.18. The zero-order chi connectivity index (χ0) is 24.3. The molecule has 5 aromatic rings. The van der Waals surface area contributed by atoms with Crippen molar-refractivity contribution in [2.75, 3.05) is 5.32 Å². The molecule has 4 heterocycles. The van der Waals surface area contributed by atoms with Crippen LogP contribution in [0.5, 0.6) is 5.75 Å². The third kappa shape index (κ3) is 4.97. The fourth-order valence-corrected chi connectivity index (χ4v) is 4.14. The minimum Gasteiger partial charge on any atom is -0.488 e. The number of nitrogens with one attached hydrogen (secondary N) is 1. The number of carbonyl (C=O) groups excluding carboxylic acids is 1. The van der Waals surface area contributed by atoms with Gasteiger partial charge in [0.2, 0.25) is 11.9 Å². The Morgan fingerprint density at radius 3 is 2.50 bits per heavy atom. The van der Waals surface area contributed by atoms with Gasteiger partial charge in [0, 0.05) is 49.2 Å². The number of pyridine rings is 1. The first-order chi connectivity index (χ1) is 17.7. The molecule has 1 aliphatic carbocycles. The van der Waals surface area contributed by atoms with Gasteiger partial charge in [-0.15, -0.1) is 5.10 Å². The molecule has 1 saturated carbocycles. The molecule has 1 aromatic carbocycles.